The van der Waals surface area contributed by atoms with Crippen molar-refractivity contribution in [3.8, 4) is 78.7 Å². The molecule has 0 radical (unpaired) electrons. The van der Waals surface area contributed by atoms with Gasteiger partial charge < -0.3 is 8.83 Å². The van der Waals surface area contributed by atoms with Crippen LogP contribution in [0.3, 0.4) is 0 Å². The Bertz CT molecular complexity index is 3950. The maximum atomic E-state index is 9.60. The van der Waals surface area contributed by atoms with Gasteiger partial charge in [0.1, 0.15) is 22.3 Å². The van der Waals surface area contributed by atoms with Crippen LogP contribution in [0.15, 0.2) is 221 Å². The maximum absolute atomic E-state index is 9.60. The predicted octanol–water partition coefficient (Wildman–Crippen LogP) is 15.3. The molecule has 0 saturated carbocycles. The van der Waals surface area contributed by atoms with Gasteiger partial charge in [-0.25, -0.2) is 15.0 Å². The number of hydrogen-bond acceptors (Lipinski definition) is 5. The fourth-order valence-corrected chi connectivity index (χ4v) is 8.26. The first kappa shape index (κ1) is 29.7. The van der Waals surface area contributed by atoms with E-state index in [4.69, 9.17) is 27.9 Å². The van der Waals surface area contributed by atoms with Crippen LogP contribution in [0.2, 0.25) is 0 Å². The highest BCUT2D eigenvalue weighted by Gasteiger charge is 2.19. The molecule has 0 unspecified atom stereocenters. The third kappa shape index (κ3) is 6.14. The number of hydrogen-bond donors (Lipinski definition) is 0. The van der Waals surface area contributed by atoms with Crippen LogP contribution in [0.4, 0.5) is 0 Å². The van der Waals surface area contributed by atoms with Crippen LogP contribution in [0.25, 0.3) is 123 Å². The van der Waals surface area contributed by atoms with E-state index in [1.54, 1.807) is 24.3 Å². The summed E-state index contributed by atoms with van der Waals surface area (Å²) in [7, 11) is 0. The Labute approximate surface area is 365 Å². The highest BCUT2D eigenvalue weighted by molar-refractivity contribution is 6.14. The quantitative estimate of drug-likeness (QED) is 0.161. The first-order valence-corrected chi connectivity index (χ1v) is 20.3. The Hall–Kier alpha value is -8.41. The van der Waals surface area contributed by atoms with Crippen molar-refractivity contribution in [3.05, 3.63) is 212 Å². The van der Waals surface area contributed by atoms with Crippen molar-refractivity contribution < 1.29 is 17.1 Å². The molecule has 5 heteroatoms. The number of fused-ring (bicyclic) bond motifs is 6. The van der Waals surface area contributed by atoms with Crippen LogP contribution in [0.1, 0.15) is 8.22 Å². The summed E-state index contributed by atoms with van der Waals surface area (Å²) in [6.45, 7) is 0. The molecular weight excluding hydrogens is 759 g/mol. The molecule has 12 rings (SSSR count). The van der Waals surface area contributed by atoms with E-state index in [1.165, 1.54) is 0 Å². The average molecular weight is 800 g/mol. The van der Waals surface area contributed by atoms with Crippen LogP contribution < -0.4 is 0 Å². The smallest absolute Gasteiger partial charge is 0.164 e. The minimum atomic E-state index is -0.345. The third-order valence-electron chi connectivity index (χ3n) is 11.3. The molecule has 3 aromatic heterocycles. The summed E-state index contributed by atoms with van der Waals surface area (Å²) >= 11 is 0. The lowest BCUT2D eigenvalue weighted by molar-refractivity contribution is 0.669. The highest BCUT2D eigenvalue weighted by atomic mass is 16.3. The van der Waals surface area contributed by atoms with Gasteiger partial charge in [0.15, 0.2) is 17.5 Å². The lowest BCUT2D eigenvalue weighted by Gasteiger charge is -2.10. The molecule has 12 aromatic rings. The highest BCUT2D eigenvalue weighted by Crippen LogP contribution is 2.41. The van der Waals surface area contributed by atoms with Crippen LogP contribution in [0, 0.1) is 0 Å². The van der Waals surface area contributed by atoms with Crippen LogP contribution in [-0.4, -0.2) is 15.0 Å². The third-order valence-corrected chi connectivity index (χ3v) is 11.3. The topological polar surface area (TPSA) is 65.0 Å². The summed E-state index contributed by atoms with van der Waals surface area (Å²) in [5.74, 6) is 0.568. The van der Waals surface area contributed by atoms with Gasteiger partial charge in [0.05, 0.1) is 8.22 Å². The zero-order chi connectivity index (χ0) is 46.2. The van der Waals surface area contributed by atoms with E-state index in [2.05, 4.69) is 36.4 Å². The molecular formula is C57H35N3O2. The molecule has 62 heavy (non-hydrogen) atoms. The first-order chi connectivity index (χ1) is 33.2. The van der Waals surface area contributed by atoms with Crippen molar-refractivity contribution >= 4 is 43.9 Å². The number of nitrogens with zero attached hydrogens (tertiary/aromatic N) is 3. The second kappa shape index (κ2) is 14.7. The minimum absolute atomic E-state index is 0.00919. The summed E-state index contributed by atoms with van der Waals surface area (Å²) in [5.41, 5.74) is 9.59. The van der Waals surface area contributed by atoms with Crippen molar-refractivity contribution in [1.82, 2.24) is 15.0 Å². The molecule has 0 aliphatic carbocycles. The first-order valence-electron chi connectivity index (χ1n) is 23.3. The molecule has 0 amide bonds. The largest absolute Gasteiger partial charge is 0.456 e. The molecule has 5 nitrogen and oxygen atoms in total. The van der Waals surface area contributed by atoms with Gasteiger partial charge in [-0.3, -0.25) is 0 Å². The Morgan fingerprint density at radius 2 is 0.790 bits per heavy atom. The van der Waals surface area contributed by atoms with Gasteiger partial charge in [-0.2, -0.15) is 0 Å². The number of furan rings is 2. The van der Waals surface area contributed by atoms with Gasteiger partial charge in [-0.05, 0) is 51.5 Å². The molecule has 290 valence electrons. The zero-order valence-corrected chi connectivity index (χ0v) is 32.9. The molecule has 0 saturated heterocycles. The van der Waals surface area contributed by atoms with Crippen molar-refractivity contribution in [3.63, 3.8) is 0 Å². The Morgan fingerprint density at radius 3 is 1.37 bits per heavy atom. The van der Waals surface area contributed by atoms with E-state index in [-0.39, 0.29) is 75.4 Å². The van der Waals surface area contributed by atoms with Gasteiger partial charge in [0, 0.05) is 49.4 Å². The van der Waals surface area contributed by atoms with E-state index in [9.17, 15) is 4.11 Å². The van der Waals surface area contributed by atoms with Gasteiger partial charge >= 0.3 is 0 Å². The molecule has 0 aliphatic rings. The van der Waals surface area contributed by atoms with Gasteiger partial charge in [0.2, 0.25) is 0 Å². The summed E-state index contributed by atoms with van der Waals surface area (Å²) in [5, 5.41) is 2.38. The standard InChI is InChI=1S/C57H35N3O2/c1-4-13-36(14-5-1)37-25-29-41(30-26-37)55-58-56(60-57(59-55)43-33-34-49-51(35-43)61-50-24-12-19-44(52(49)50)38-15-6-2-7-16-38)42-31-27-40(28-32-42)46-21-11-23-48-47-22-10-20-45(53(47)62-54(46)48)39-17-8-3-9-18-39/h1-35H/i12D,19D,24D,33D,34D,35D. The van der Waals surface area contributed by atoms with E-state index >= 15 is 0 Å². The van der Waals surface area contributed by atoms with Gasteiger partial charge in [-0.15, -0.1) is 0 Å². The fourth-order valence-electron chi connectivity index (χ4n) is 8.26. The summed E-state index contributed by atoms with van der Waals surface area (Å²) < 4.78 is 67.9. The summed E-state index contributed by atoms with van der Waals surface area (Å²) in [6, 6.07) is 55.5. The minimum Gasteiger partial charge on any atom is -0.456 e. The van der Waals surface area contributed by atoms with Crippen LogP contribution in [-0.2, 0) is 0 Å². The number of benzene rings is 9. The predicted molar refractivity (Wildman–Crippen MR) is 252 cm³/mol. The Balaban J connectivity index is 1.02. The molecule has 0 fully saturated rings. The molecule has 3 heterocycles. The van der Waals surface area contributed by atoms with Crippen LogP contribution in [0.5, 0.6) is 0 Å². The number of para-hydroxylation sites is 2. The molecule has 0 spiro atoms. The summed E-state index contributed by atoms with van der Waals surface area (Å²) in [4.78, 5) is 14.8. The Kier molecular flexibility index (Phi) is 7.05. The van der Waals surface area contributed by atoms with Crippen molar-refractivity contribution in [1.29, 1.82) is 0 Å². The monoisotopic (exact) mass is 799 g/mol. The molecule has 0 aliphatic heterocycles. The number of aromatic nitrogens is 3. The van der Waals surface area contributed by atoms with Crippen molar-refractivity contribution in [2.45, 2.75) is 0 Å². The second-order valence-electron chi connectivity index (χ2n) is 15.0. The van der Waals surface area contributed by atoms with E-state index in [0.29, 0.717) is 28.1 Å². The normalized spacial score (nSPS) is 12.9. The zero-order valence-electron chi connectivity index (χ0n) is 38.9. The number of rotatable bonds is 7. The Morgan fingerprint density at radius 1 is 0.323 bits per heavy atom. The average Bonchev–Trinajstić information content (AvgIpc) is 3.99. The van der Waals surface area contributed by atoms with Gasteiger partial charge in [-0.1, -0.05) is 194 Å². The molecule has 0 N–H and O–H groups in total. The van der Waals surface area contributed by atoms with E-state index < -0.39 is 0 Å². The van der Waals surface area contributed by atoms with E-state index in [0.717, 1.165) is 55.3 Å². The second-order valence-corrected chi connectivity index (χ2v) is 15.0. The molecule has 0 bridgehead atoms. The lowest BCUT2D eigenvalue weighted by Crippen LogP contribution is -2.00. The fraction of sp³-hybridized carbons (Fsp3) is 0. The summed E-state index contributed by atoms with van der Waals surface area (Å²) in [6.07, 6.45) is 0. The van der Waals surface area contributed by atoms with E-state index in [1.807, 2.05) is 115 Å². The van der Waals surface area contributed by atoms with Crippen molar-refractivity contribution in [2.24, 2.45) is 0 Å². The maximum Gasteiger partial charge on any atom is 0.164 e. The lowest BCUT2D eigenvalue weighted by atomic mass is 9.99. The molecule has 9 aromatic carbocycles. The SMILES string of the molecule is [2H]c1c([2H])c(-c2ccccc2)c2c(oc3c([2H])c(-c4nc(-c5ccc(-c6ccccc6)cc5)nc(-c5ccc(-c6cccc7c6oc6c(-c8ccccc8)cccc67)cc5)n4)c([2H])c([2H])c32)c1[2H]. The van der Waals surface area contributed by atoms with Crippen molar-refractivity contribution in [2.75, 3.05) is 0 Å². The molecule has 0 atom stereocenters. The van der Waals surface area contributed by atoms with Gasteiger partial charge in [0.25, 0.3) is 0 Å². The van der Waals surface area contributed by atoms with Crippen LogP contribution >= 0.6 is 0 Å².